The zero-order valence-electron chi connectivity index (χ0n) is 10.2. The molecular formula is C13H17NO3. The van der Waals surface area contributed by atoms with E-state index in [9.17, 15) is 4.79 Å². The fourth-order valence-corrected chi connectivity index (χ4v) is 1.70. The first kappa shape index (κ1) is 11.8. The van der Waals surface area contributed by atoms with Crippen LogP contribution in [0.3, 0.4) is 0 Å². The highest BCUT2D eigenvalue weighted by atomic mass is 16.5. The van der Waals surface area contributed by atoms with Gasteiger partial charge in [0.2, 0.25) is 0 Å². The number of carbonyl (C=O) groups is 1. The summed E-state index contributed by atoms with van der Waals surface area (Å²) < 4.78 is 10.6. The molecule has 0 bridgehead atoms. The van der Waals surface area contributed by atoms with Crippen molar-refractivity contribution < 1.29 is 14.3 Å². The number of hydrogen-bond acceptors (Lipinski definition) is 3. The molecule has 1 aromatic rings. The molecule has 0 spiro atoms. The van der Waals surface area contributed by atoms with Crippen LogP contribution >= 0.6 is 0 Å². The first-order valence-electron chi connectivity index (χ1n) is 5.80. The standard InChI is InChI=1S/C13H17NO3/c1-10(13(15)14-8-3-9-14)17-12-6-4-11(16-2)5-7-12/h4-7,10H,3,8-9H2,1-2H3. The Morgan fingerprint density at radius 3 is 2.29 bits per heavy atom. The largest absolute Gasteiger partial charge is 0.497 e. The van der Waals surface area contributed by atoms with Gasteiger partial charge in [0, 0.05) is 13.1 Å². The molecule has 1 unspecified atom stereocenters. The second-order valence-electron chi connectivity index (χ2n) is 4.11. The molecule has 92 valence electrons. The zero-order chi connectivity index (χ0) is 12.3. The van der Waals surface area contributed by atoms with Crippen molar-refractivity contribution in [3.63, 3.8) is 0 Å². The topological polar surface area (TPSA) is 38.8 Å². The zero-order valence-corrected chi connectivity index (χ0v) is 10.2. The maximum Gasteiger partial charge on any atom is 0.263 e. The van der Waals surface area contributed by atoms with Gasteiger partial charge in [-0.3, -0.25) is 4.79 Å². The maximum atomic E-state index is 11.8. The lowest BCUT2D eigenvalue weighted by Gasteiger charge is -2.33. The van der Waals surface area contributed by atoms with Crippen LogP contribution in [0.2, 0.25) is 0 Å². The third-order valence-corrected chi connectivity index (χ3v) is 2.89. The molecule has 1 heterocycles. The summed E-state index contributed by atoms with van der Waals surface area (Å²) in [6, 6.07) is 7.24. The first-order valence-corrected chi connectivity index (χ1v) is 5.80. The van der Waals surface area contributed by atoms with Crippen molar-refractivity contribution in [2.75, 3.05) is 20.2 Å². The number of nitrogens with zero attached hydrogens (tertiary/aromatic N) is 1. The van der Waals surface area contributed by atoms with Crippen molar-refractivity contribution in [2.45, 2.75) is 19.4 Å². The molecule has 4 heteroatoms. The van der Waals surface area contributed by atoms with Gasteiger partial charge in [-0.2, -0.15) is 0 Å². The van der Waals surface area contributed by atoms with Crippen LogP contribution < -0.4 is 9.47 Å². The van der Waals surface area contributed by atoms with Gasteiger partial charge in [-0.25, -0.2) is 0 Å². The summed E-state index contributed by atoms with van der Waals surface area (Å²) in [5.41, 5.74) is 0. The molecule has 4 nitrogen and oxygen atoms in total. The van der Waals surface area contributed by atoms with Gasteiger partial charge in [0.25, 0.3) is 5.91 Å². The highest BCUT2D eigenvalue weighted by Crippen LogP contribution is 2.19. The summed E-state index contributed by atoms with van der Waals surface area (Å²) in [5.74, 6) is 1.53. The van der Waals surface area contributed by atoms with E-state index in [4.69, 9.17) is 9.47 Å². The van der Waals surface area contributed by atoms with Crippen LogP contribution in [0.15, 0.2) is 24.3 Å². The molecule has 1 atom stereocenters. The second-order valence-corrected chi connectivity index (χ2v) is 4.11. The average molecular weight is 235 g/mol. The van der Waals surface area contributed by atoms with Gasteiger partial charge < -0.3 is 14.4 Å². The monoisotopic (exact) mass is 235 g/mol. The van der Waals surface area contributed by atoms with Crippen LogP contribution in [0.5, 0.6) is 11.5 Å². The highest BCUT2D eigenvalue weighted by Gasteiger charge is 2.26. The third kappa shape index (κ3) is 2.70. The maximum absolute atomic E-state index is 11.8. The Labute approximate surface area is 101 Å². The lowest BCUT2D eigenvalue weighted by molar-refractivity contribution is -0.141. The van der Waals surface area contributed by atoms with Crippen LogP contribution in [0.25, 0.3) is 0 Å². The van der Waals surface area contributed by atoms with E-state index in [1.54, 1.807) is 26.2 Å². The third-order valence-electron chi connectivity index (χ3n) is 2.89. The van der Waals surface area contributed by atoms with E-state index < -0.39 is 6.10 Å². The molecule has 1 aliphatic heterocycles. The molecule has 0 radical (unpaired) electrons. The molecule has 1 saturated heterocycles. The van der Waals surface area contributed by atoms with E-state index in [-0.39, 0.29) is 5.91 Å². The van der Waals surface area contributed by atoms with Crippen molar-refractivity contribution in [1.82, 2.24) is 4.90 Å². The predicted octanol–water partition coefficient (Wildman–Crippen LogP) is 1.69. The van der Waals surface area contributed by atoms with E-state index in [1.807, 2.05) is 17.0 Å². The minimum atomic E-state index is -0.427. The number of carbonyl (C=O) groups excluding carboxylic acids is 1. The molecule has 0 N–H and O–H groups in total. The Balaban J connectivity index is 1.92. The van der Waals surface area contributed by atoms with Gasteiger partial charge in [-0.05, 0) is 37.6 Å². The van der Waals surface area contributed by atoms with Gasteiger partial charge >= 0.3 is 0 Å². The number of hydrogen-bond donors (Lipinski definition) is 0. The number of rotatable bonds is 4. The molecular weight excluding hydrogens is 218 g/mol. The number of benzene rings is 1. The van der Waals surface area contributed by atoms with Crippen LogP contribution in [-0.2, 0) is 4.79 Å². The average Bonchev–Trinajstić information content (AvgIpc) is 2.27. The number of methoxy groups -OCH3 is 1. The van der Waals surface area contributed by atoms with Crippen molar-refractivity contribution in [1.29, 1.82) is 0 Å². The van der Waals surface area contributed by atoms with Crippen LogP contribution in [0.4, 0.5) is 0 Å². The number of ether oxygens (including phenoxy) is 2. The molecule has 0 aromatic heterocycles. The van der Waals surface area contributed by atoms with Crippen LogP contribution in [0, 0.1) is 0 Å². The van der Waals surface area contributed by atoms with Crippen molar-refractivity contribution in [2.24, 2.45) is 0 Å². The summed E-state index contributed by atoms with van der Waals surface area (Å²) >= 11 is 0. The molecule has 0 aliphatic carbocycles. The lowest BCUT2D eigenvalue weighted by atomic mass is 10.2. The minimum absolute atomic E-state index is 0.0621. The normalized spacial score (nSPS) is 16.0. The Bertz CT molecular complexity index is 384. The molecule has 17 heavy (non-hydrogen) atoms. The van der Waals surface area contributed by atoms with Crippen LogP contribution in [0.1, 0.15) is 13.3 Å². The molecule has 1 fully saturated rings. The quantitative estimate of drug-likeness (QED) is 0.797. The second kappa shape index (κ2) is 5.08. The highest BCUT2D eigenvalue weighted by molar-refractivity contribution is 5.81. The smallest absolute Gasteiger partial charge is 0.263 e. The molecule has 1 aromatic carbocycles. The Hall–Kier alpha value is -1.71. The first-order chi connectivity index (χ1) is 8.20. The van der Waals surface area contributed by atoms with Crippen molar-refractivity contribution in [3.8, 4) is 11.5 Å². The molecule has 1 aliphatic rings. The summed E-state index contributed by atoms with van der Waals surface area (Å²) in [6.45, 7) is 3.50. The number of amides is 1. The fraction of sp³-hybridized carbons (Fsp3) is 0.462. The Morgan fingerprint density at radius 2 is 1.82 bits per heavy atom. The lowest BCUT2D eigenvalue weighted by Crippen LogP contribution is -2.47. The van der Waals surface area contributed by atoms with Gasteiger partial charge in [0.15, 0.2) is 6.10 Å². The van der Waals surface area contributed by atoms with Crippen molar-refractivity contribution >= 4 is 5.91 Å². The minimum Gasteiger partial charge on any atom is -0.497 e. The van der Waals surface area contributed by atoms with Crippen LogP contribution in [-0.4, -0.2) is 37.1 Å². The molecule has 0 saturated carbocycles. The van der Waals surface area contributed by atoms with E-state index in [0.717, 1.165) is 25.3 Å². The summed E-state index contributed by atoms with van der Waals surface area (Å²) in [5, 5.41) is 0. The SMILES string of the molecule is COc1ccc(OC(C)C(=O)N2CCC2)cc1. The van der Waals surface area contributed by atoms with Gasteiger partial charge in [-0.1, -0.05) is 0 Å². The Kier molecular flexibility index (Phi) is 3.52. The molecule has 1 amide bonds. The number of likely N-dealkylation sites (tertiary alicyclic amines) is 1. The van der Waals surface area contributed by atoms with Gasteiger partial charge in [0.1, 0.15) is 11.5 Å². The van der Waals surface area contributed by atoms with E-state index in [1.165, 1.54) is 0 Å². The van der Waals surface area contributed by atoms with Crippen molar-refractivity contribution in [3.05, 3.63) is 24.3 Å². The fourth-order valence-electron chi connectivity index (χ4n) is 1.70. The van der Waals surface area contributed by atoms with Gasteiger partial charge in [-0.15, -0.1) is 0 Å². The van der Waals surface area contributed by atoms with E-state index in [2.05, 4.69) is 0 Å². The Morgan fingerprint density at radius 1 is 1.24 bits per heavy atom. The van der Waals surface area contributed by atoms with E-state index in [0.29, 0.717) is 5.75 Å². The predicted molar refractivity (Wildman–Crippen MR) is 64.3 cm³/mol. The summed E-state index contributed by atoms with van der Waals surface area (Å²) in [6.07, 6.45) is 0.671. The summed E-state index contributed by atoms with van der Waals surface area (Å²) in [4.78, 5) is 13.6. The summed E-state index contributed by atoms with van der Waals surface area (Å²) in [7, 11) is 1.62. The van der Waals surface area contributed by atoms with Gasteiger partial charge in [0.05, 0.1) is 7.11 Å². The molecule has 2 rings (SSSR count). The van der Waals surface area contributed by atoms with E-state index >= 15 is 0 Å².